The smallest absolute Gasteiger partial charge is 0.0594 e. The predicted molar refractivity (Wildman–Crippen MR) is 126 cm³/mol. The van der Waals surface area contributed by atoms with E-state index in [1.165, 1.54) is 38.2 Å². The summed E-state index contributed by atoms with van der Waals surface area (Å²) in [6, 6.07) is 25.7. The predicted octanol–water partition coefficient (Wildman–Crippen LogP) is 6.30. The summed E-state index contributed by atoms with van der Waals surface area (Å²) in [7, 11) is 0. The van der Waals surface area contributed by atoms with Gasteiger partial charge in [-0.05, 0) is 49.3 Å². The van der Waals surface area contributed by atoms with Gasteiger partial charge in [-0.15, -0.1) is 0 Å². The third-order valence-corrected chi connectivity index (χ3v) is 6.08. The summed E-state index contributed by atoms with van der Waals surface area (Å²) >= 11 is 0. The lowest BCUT2D eigenvalue weighted by Gasteiger charge is -2.28. The van der Waals surface area contributed by atoms with Gasteiger partial charge < -0.3 is 4.74 Å². The van der Waals surface area contributed by atoms with Crippen LogP contribution in [0.4, 0.5) is 0 Å². The number of morpholine rings is 1. The van der Waals surface area contributed by atoms with Crippen LogP contribution in [0.25, 0.3) is 43.1 Å². The molecule has 1 heterocycles. The first-order chi connectivity index (χ1) is 15.3. The van der Waals surface area contributed by atoms with Crippen LogP contribution in [-0.2, 0) is 17.8 Å². The van der Waals surface area contributed by atoms with Crippen LogP contribution in [0.3, 0.4) is 0 Å². The summed E-state index contributed by atoms with van der Waals surface area (Å²) in [6.07, 6.45) is 0. The number of nitrogens with zero attached hydrogens (tertiary/aromatic N) is 4. The first-order valence-corrected chi connectivity index (χ1v) is 10.7. The van der Waals surface area contributed by atoms with E-state index in [1.54, 1.807) is 0 Å². The van der Waals surface area contributed by atoms with Crippen molar-refractivity contribution >= 4 is 21.5 Å². The van der Waals surface area contributed by atoms with Gasteiger partial charge in [0.25, 0.3) is 0 Å². The first kappa shape index (κ1) is 19.6. The van der Waals surface area contributed by atoms with Crippen molar-refractivity contribution in [3.63, 3.8) is 0 Å². The minimum atomic E-state index is 0.330. The van der Waals surface area contributed by atoms with Crippen molar-refractivity contribution in [1.82, 2.24) is 4.90 Å². The van der Waals surface area contributed by atoms with Gasteiger partial charge in [-0.1, -0.05) is 77.9 Å². The lowest BCUT2D eigenvalue weighted by atomic mass is 9.87. The summed E-state index contributed by atoms with van der Waals surface area (Å²) < 4.78 is 5.56. The molecule has 0 saturated carbocycles. The third kappa shape index (κ3) is 3.87. The van der Waals surface area contributed by atoms with E-state index in [0.29, 0.717) is 6.54 Å². The van der Waals surface area contributed by atoms with E-state index in [2.05, 4.69) is 87.7 Å². The van der Waals surface area contributed by atoms with Gasteiger partial charge in [0.1, 0.15) is 0 Å². The van der Waals surface area contributed by atoms with Gasteiger partial charge in [0, 0.05) is 24.5 Å². The van der Waals surface area contributed by atoms with Crippen molar-refractivity contribution < 1.29 is 4.74 Å². The van der Waals surface area contributed by atoms with Crippen LogP contribution in [0, 0.1) is 0 Å². The maximum Gasteiger partial charge on any atom is 0.0594 e. The van der Waals surface area contributed by atoms with Crippen molar-refractivity contribution in [2.45, 2.75) is 13.1 Å². The average molecular weight is 409 g/mol. The third-order valence-electron chi connectivity index (χ3n) is 6.08. The maximum absolute atomic E-state index is 8.98. The highest BCUT2D eigenvalue weighted by atomic mass is 16.5. The first-order valence-electron chi connectivity index (χ1n) is 10.7. The van der Waals surface area contributed by atoms with E-state index in [9.17, 15) is 0 Å². The molecule has 0 N–H and O–H groups in total. The summed E-state index contributed by atoms with van der Waals surface area (Å²) in [5.74, 6) is 0. The van der Waals surface area contributed by atoms with Gasteiger partial charge >= 0.3 is 0 Å². The fourth-order valence-electron chi connectivity index (χ4n) is 4.60. The summed E-state index contributed by atoms with van der Waals surface area (Å²) in [5.41, 5.74) is 13.7. The molecule has 1 aliphatic rings. The molecule has 4 aromatic rings. The molecule has 0 bridgehead atoms. The SMILES string of the molecule is [N-]=[N+]=NCc1ccc2ccccc2c1-c1c(CN2CCOCC2)ccc2ccccc12. The fourth-order valence-corrected chi connectivity index (χ4v) is 4.60. The number of ether oxygens (including phenoxy) is 1. The van der Waals surface area contributed by atoms with E-state index in [4.69, 9.17) is 10.3 Å². The molecule has 0 unspecified atom stereocenters. The Kier molecular flexibility index (Phi) is 5.55. The molecule has 0 amide bonds. The molecule has 0 radical (unpaired) electrons. The topological polar surface area (TPSA) is 61.2 Å². The van der Waals surface area contributed by atoms with Crippen LogP contribution in [0.2, 0.25) is 0 Å². The molecule has 0 aromatic heterocycles. The highest BCUT2D eigenvalue weighted by Crippen LogP contribution is 2.40. The minimum absolute atomic E-state index is 0.330. The van der Waals surface area contributed by atoms with Crippen molar-refractivity contribution in [3.05, 3.63) is 94.4 Å². The van der Waals surface area contributed by atoms with Crippen LogP contribution < -0.4 is 0 Å². The van der Waals surface area contributed by atoms with Crippen LogP contribution in [-0.4, -0.2) is 31.2 Å². The molecular formula is C26H24N4O. The normalized spacial score (nSPS) is 14.6. The molecule has 1 aliphatic heterocycles. The van der Waals surface area contributed by atoms with Crippen LogP contribution in [0.1, 0.15) is 11.1 Å². The number of hydrogen-bond donors (Lipinski definition) is 0. The average Bonchev–Trinajstić information content (AvgIpc) is 2.83. The van der Waals surface area contributed by atoms with Crippen molar-refractivity contribution in [2.24, 2.45) is 5.11 Å². The Bertz CT molecular complexity index is 1290. The summed E-state index contributed by atoms with van der Waals surface area (Å²) in [6.45, 7) is 4.63. The molecule has 5 nitrogen and oxygen atoms in total. The molecule has 5 rings (SSSR count). The molecule has 4 aromatic carbocycles. The number of hydrogen-bond acceptors (Lipinski definition) is 3. The maximum atomic E-state index is 8.98. The van der Waals surface area contributed by atoms with Gasteiger partial charge in [-0.2, -0.15) is 0 Å². The van der Waals surface area contributed by atoms with E-state index in [1.807, 2.05) is 0 Å². The van der Waals surface area contributed by atoms with Gasteiger partial charge in [0.2, 0.25) is 0 Å². The Balaban J connectivity index is 1.79. The van der Waals surface area contributed by atoms with E-state index >= 15 is 0 Å². The highest BCUT2D eigenvalue weighted by Gasteiger charge is 2.19. The molecule has 154 valence electrons. The lowest BCUT2D eigenvalue weighted by molar-refractivity contribution is 0.0343. The molecule has 1 saturated heterocycles. The Morgan fingerprint density at radius 2 is 1.35 bits per heavy atom. The van der Waals surface area contributed by atoms with Crippen molar-refractivity contribution in [1.29, 1.82) is 0 Å². The van der Waals surface area contributed by atoms with Gasteiger partial charge in [0.05, 0.1) is 19.8 Å². The second-order valence-corrected chi connectivity index (χ2v) is 7.92. The monoisotopic (exact) mass is 408 g/mol. The summed E-state index contributed by atoms with van der Waals surface area (Å²) in [5, 5.41) is 8.73. The molecule has 0 atom stereocenters. The Hall–Kier alpha value is -3.37. The van der Waals surface area contributed by atoms with Gasteiger partial charge in [0.15, 0.2) is 0 Å². The second-order valence-electron chi connectivity index (χ2n) is 7.92. The van der Waals surface area contributed by atoms with E-state index < -0.39 is 0 Å². The van der Waals surface area contributed by atoms with Gasteiger partial charge in [-0.25, -0.2) is 0 Å². The molecule has 0 aliphatic carbocycles. The Morgan fingerprint density at radius 3 is 2.00 bits per heavy atom. The van der Waals surface area contributed by atoms with Crippen LogP contribution >= 0.6 is 0 Å². The van der Waals surface area contributed by atoms with Crippen molar-refractivity contribution in [2.75, 3.05) is 26.3 Å². The molecule has 0 spiro atoms. The van der Waals surface area contributed by atoms with Gasteiger partial charge in [-0.3, -0.25) is 4.90 Å². The largest absolute Gasteiger partial charge is 0.379 e. The van der Waals surface area contributed by atoms with Crippen LogP contribution in [0.15, 0.2) is 77.9 Å². The second kappa shape index (κ2) is 8.78. The molecule has 5 heteroatoms. The molecule has 1 fully saturated rings. The number of azide groups is 1. The zero-order valence-electron chi connectivity index (χ0n) is 17.4. The Morgan fingerprint density at radius 1 is 0.774 bits per heavy atom. The van der Waals surface area contributed by atoms with E-state index in [-0.39, 0.29) is 0 Å². The lowest BCUT2D eigenvalue weighted by Crippen LogP contribution is -2.35. The summed E-state index contributed by atoms with van der Waals surface area (Å²) in [4.78, 5) is 5.48. The zero-order valence-corrected chi connectivity index (χ0v) is 17.4. The zero-order chi connectivity index (χ0) is 21.0. The molecule has 31 heavy (non-hydrogen) atoms. The minimum Gasteiger partial charge on any atom is -0.379 e. The van der Waals surface area contributed by atoms with Crippen molar-refractivity contribution in [3.8, 4) is 11.1 Å². The van der Waals surface area contributed by atoms with Crippen LogP contribution in [0.5, 0.6) is 0 Å². The standard InChI is InChI=1S/C26H24N4O/c27-29-28-17-21-11-9-19-5-1-3-7-23(19)25(21)26-22(18-30-13-15-31-16-14-30)12-10-20-6-2-4-8-24(20)26/h1-12H,13-18H2. The number of benzene rings is 4. The number of fused-ring (bicyclic) bond motifs is 2. The van der Waals surface area contributed by atoms with E-state index in [0.717, 1.165) is 38.4 Å². The number of rotatable bonds is 5. The Labute approximate surface area is 181 Å². The fraction of sp³-hybridized carbons (Fsp3) is 0.231. The highest BCUT2D eigenvalue weighted by molar-refractivity contribution is 6.07. The molecular weight excluding hydrogens is 384 g/mol. The quantitative estimate of drug-likeness (QED) is 0.221.